The maximum Gasteiger partial charge on any atom is 0.248 e. The number of hydrogen-bond donors (Lipinski definition) is 3. The molecule has 0 radical (unpaired) electrons. The van der Waals surface area contributed by atoms with Gasteiger partial charge in [-0.3, -0.25) is 9.69 Å². The normalized spacial score (nSPS) is 13.9. The second kappa shape index (κ2) is 12.6. The molecule has 8 nitrogen and oxygen atoms in total. The number of methoxy groups -OCH3 is 1. The molecule has 1 aliphatic heterocycles. The summed E-state index contributed by atoms with van der Waals surface area (Å²) in [7, 11) is 1.59. The van der Waals surface area contributed by atoms with Crippen molar-refractivity contribution in [2.24, 2.45) is 0 Å². The SMILES string of the molecule is COc1ccc(NC(=O)/C=C/CN2CCCCC2)cc1Nc1nccc(Nc2cc(Cl)c3ccccc3c2)n1. The van der Waals surface area contributed by atoms with Gasteiger partial charge < -0.3 is 20.7 Å². The summed E-state index contributed by atoms with van der Waals surface area (Å²) in [5.74, 6) is 1.38. The molecule has 1 aliphatic rings. The molecule has 200 valence electrons. The summed E-state index contributed by atoms with van der Waals surface area (Å²) in [5, 5.41) is 12.1. The van der Waals surface area contributed by atoms with Crippen molar-refractivity contribution in [3.63, 3.8) is 0 Å². The minimum atomic E-state index is -0.181. The fourth-order valence-electron chi connectivity index (χ4n) is 4.61. The van der Waals surface area contributed by atoms with Crippen LogP contribution in [0.5, 0.6) is 5.75 Å². The minimum absolute atomic E-state index is 0.181. The van der Waals surface area contributed by atoms with E-state index in [4.69, 9.17) is 16.3 Å². The minimum Gasteiger partial charge on any atom is -0.495 e. The second-order valence-electron chi connectivity index (χ2n) is 9.36. The standard InChI is InChI=1S/C30H31ClN6O2/c1-39-27-12-11-22(34-29(38)10-7-17-37-15-5-2-6-16-37)20-26(27)35-30-32-14-13-28(36-30)33-23-18-21-8-3-4-9-24(21)25(31)19-23/h3-4,7-14,18-20H,2,5-6,15-17H2,1H3,(H,34,38)(H2,32,33,35,36)/b10-7+. The Bertz CT molecular complexity index is 1490. The predicted molar refractivity (Wildman–Crippen MR) is 159 cm³/mol. The highest BCUT2D eigenvalue weighted by Crippen LogP contribution is 2.31. The smallest absolute Gasteiger partial charge is 0.248 e. The van der Waals surface area contributed by atoms with Crippen molar-refractivity contribution in [3.8, 4) is 5.75 Å². The van der Waals surface area contributed by atoms with Gasteiger partial charge in [0.05, 0.1) is 17.8 Å². The number of anilines is 5. The molecule has 4 aromatic rings. The molecule has 39 heavy (non-hydrogen) atoms. The zero-order chi connectivity index (χ0) is 27.0. The second-order valence-corrected chi connectivity index (χ2v) is 9.77. The first-order chi connectivity index (χ1) is 19.1. The third-order valence-electron chi connectivity index (χ3n) is 6.53. The number of piperidine rings is 1. The van der Waals surface area contributed by atoms with Crippen molar-refractivity contribution < 1.29 is 9.53 Å². The number of benzene rings is 3. The number of ether oxygens (including phenoxy) is 1. The molecular formula is C30H31ClN6O2. The van der Waals surface area contributed by atoms with Gasteiger partial charge in [0.2, 0.25) is 11.9 Å². The molecular weight excluding hydrogens is 512 g/mol. The Kier molecular flexibility index (Phi) is 8.55. The van der Waals surface area contributed by atoms with Crippen molar-refractivity contribution in [1.82, 2.24) is 14.9 Å². The number of rotatable bonds is 9. The fourth-order valence-corrected chi connectivity index (χ4v) is 4.90. The highest BCUT2D eigenvalue weighted by atomic mass is 35.5. The quantitative estimate of drug-likeness (QED) is 0.201. The van der Waals surface area contributed by atoms with E-state index in [1.54, 1.807) is 43.6 Å². The number of carbonyl (C=O) groups excluding carboxylic acids is 1. The molecule has 0 bridgehead atoms. The Morgan fingerprint density at radius 3 is 2.72 bits per heavy atom. The zero-order valence-electron chi connectivity index (χ0n) is 21.8. The van der Waals surface area contributed by atoms with E-state index in [0.29, 0.717) is 33.9 Å². The number of fused-ring (bicyclic) bond motifs is 1. The van der Waals surface area contributed by atoms with Crippen LogP contribution >= 0.6 is 11.6 Å². The van der Waals surface area contributed by atoms with Crippen LogP contribution in [0.25, 0.3) is 10.8 Å². The van der Waals surface area contributed by atoms with Crippen LogP contribution in [0.1, 0.15) is 19.3 Å². The van der Waals surface area contributed by atoms with Crippen LogP contribution in [0, 0.1) is 0 Å². The average molecular weight is 543 g/mol. The molecule has 0 atom stereocenters. The number of nitrogens with one attached hydrogen (secondary N) is 3. The molecule has 0 saturated carbocycles. The zero-order valence-corrected chi connectivity index (χ0v) is 22.5. The number of likely N-dealkylation sites (tertiary alicyclic amines) is 1. The monoisotopic (exact) mass is 542 g/mol. The van der Waals surface area contributed by atoms with Crippen molar-refractivity contribution in [1.29, 1.82) is 0 Å². The van der Waals surface area contributed by atoms with E-state index in [2.05, 4.69) is 30.8 Å². The van der Waals surface area contributed by atoms with Gasteiger partial charge in [-0.1, -0.05) is 48.4 Å². The Balaban J connectivity index is 1.26. The van der Waals surface area contributed by atoms with Crippen molar-refractivity contribution in [3.05, 3.63) is 84.0 Å². The van der Waals surface area contributed by atoms with Gasteiger partial charge in [-0.05, 0) is 67.7 Å². The largest absolute Gasteiger partial charge is 0.495 e. The first-order valence-electron chi connectivity index (χ1n) is 13.0. The van der Waals surface area contributed by atoms with Crippen LogP contribution in [0.4, 0.5) is 28.8 Å². The van der Waals surface area contributed by atoms with Gasteiger partial charge in [0.25, 0.3) is 0 Å². The van der Waals surface area contributed by atoms with Gasteiger partial charge in [0.15, 0.2) is 0 Å². The number of hydrogen-bond acceptors (Lipinski definition) is 7. The lowest BCUT2D eigenvalue weighted by atomic mass is 10.1. The Morgan fingerprint density at radius 2 is 1.87 bits per heavy atom. The maximum atomic E-state index is 12.5. The van der Waals surface area contributed by atoms with Crippen molar-refractivity contribution >= 4 is 57.1 Å². The van der Waals surface area contributed by atoms with E-state index in [-0.39, 0.29) is 5.91 Å². The highest BCUT2D eigenvalue weighted by Gasteiger charge is 2.11. The van der Waals surface area contributed by atoms with Gasteiger partial charge in [-0.2, -0.15) is 4.98 Å². The van der Waals surface area contributed by atoms with Crippen molar-refractivity contribution in [2.75, 3.05) is 42.7 Å². The molecule has 3 N–H and O–H groups in total. The topological polar surface area (TPSA) is 91.4 Å². The molecule has 2 heterocycles. The molecule has 1 saturated heterocycles. The highest BCUT2D eigenvalue weighted by molar-refractivity contribution is 6.35. The number of carbonyl (C=O) groups is 1. The average Bonchev–Trinajstić information content (AvgIpc) is 2.94. The molecule has 5 rings (SSSR count). The Labute approximate surface area is 233 Å². The summed E-state index contributed by atoms with van der Waals surface area (Å²) >= 11 is 6.48. The fraction of sp³-hybridized carbons (Fsp3) is 0.233. The Morgan fingerprint density at radius 1 is 1.03 bits per heavy atom. The molecule has 1 amide bonds. The predicted octanol–water partition coefficient (Wildman–Crippen LogP) is 6.76. The van der Waals surface area contributed by atoms with Gasteiger partial charge >= 0.3 is 0 Å². The van der Waals surface area contributed by atoms with E-state index < -0.39 is 0 Å². The van der Waals surface area contributed by atoms with Crippen LogP contribution in [0.2, 0.25) is 5.02 Å². The van der Waals surface area contributed by atoms with Gasteiger partial charge in [-0.25, -0.2) is 4.98 Å². The van der Waals surface area contributed by atoms with E-state index in [1.165, 1.54) is 19.3 Å². The third kappa shape index (κ3) is 7.04. The summed E-state index contributed by atoms with van der Waals surface area (Å²) < 4.78 is 5.51. The summed E-state index contributed by atoms with van der Waals surface area (Å²) in [5.41, 5.74) is 2.07. The van der Waals surface area contributed by atoms with Crippen LogP contribution in [0.15, 0.2) is 79.0 Å². The number of amides is 1. The molecule has 1 fully saturated rings. The first-order valence-corrected chi connectivity index (χ1v) is 13.4. The van der Waals surface area contributed by atoms with Gasteiger partial charge in [-0.15, -0.1) is 0 Å². The summed E-state index contributed by atoms with van der Waals surface area (Å²) in [4.78, 5) is 23.8. The third-order valence-corrected chi connectivity index (χ3v) is 6.85. The van der Waals surface area contributed by atoms with Gasteiger partial charge in [0.1, 0.15) is 11.6 Å². The molecule has 0 spiro atoms. The molecule has 0 unspecified atom stereocenters. The lowest BCUT2D eigenvalue weighted by Crippen LogP contribution is -2.29. The first kappa shape index (κ1) is 26.5. The summed E-state index contributed by atoms with van der Waals surface area (Å²) in [6.07, 6.45) is 8.90. The molecule has 0 aliphatic carbocycles. The lowest BCUT2D eigenvalue weighted by Gasteiger charge is -2.24. The number of halogens is 1. The van der Waals surface area contributed by atoms with E-state index in [1.807, 2.05) is 42.5 Å². The molecule has 3 aromatic carbocycles. The van der Waals surface area contributed by atoms with Crippen LogP contribution in [-0.2, 0) is 4.79 Å². The summed E-state index contributed by atoms with van der Waals surface area (Å²) in [6, 6.07) is 19.0. The van der Waals surface area contributed by atoms with E-state index >= 15 is 0 Å². The van der Waals surface area contributed by atoms with Crippen LogP contribution in [-0.4, -0.2) is 47.5 Å². The van der Waals surface area contributed by atoms with Gasteiger partial charge in [0, 0.05) is 35.6 Å². The number of aromatic nitrogens is 2. The molecule has 9 heteroatoms. The Hall–Kier alpha value is -4.14. The maximum absolute atomic E-state index is 12.5. The van der Waals surface area contributed by atoms with Crippen molar-refractivity contribution in [2.45, 2.75) is 19.3 Å². The summed E-state index contributed by atoms with van der Waals surface area (Å²) in [6.45, 7) is 2.97. The lowest BCUT2D eigenvalue weighted by molar-refractivity contribution is -0.111. The number of nitrogens with zero attached hydrogens (tertiary/aromatic N) is 3. The molecule has 1 aromatic heterocycles. The van der Waals surface area contributed by atoms with Crippen LogP contribution in [0.3, 0.4) is 0 Å². The van der Waals surface area contributed by atoms with E-state index in [0.717, 1.165) is 36.1 Å². The van der Waals surface area contributed by atoms with Crippen LogP contribution < -0.4 is 20.7 Å². The van der Waals surface area contributed by atoms with E-state index in [9.17, 15) is 4.79 Å².